The molecule has 1 aliphatic heterocycles. The average molecular weight is 488 g/mol. The van der Waals surface area contributed by atoms with Gasteiger partial charge in [-0.15, -0.1) is 35.3 Å². The minimum absolute atomic E-state index is 0. The molecule has 1 aromatic heterocycles. The summed E-state index contributed by atoms with van der Waals surface area (Å²) < 4.78 is 11.3. The smallest absolute Gasteiger partial charge is 0.193 e. The summed E-state index contributed by atoms with van der Waals surface area (Å²) in [7, 11) is 0. The maximum absolute atomic E-state index is 6.00. The Hall–Kier alpha value is -1.55. The van der Waals surface area contributed by atoms with Crippen LogP contribution in [0.2, 0.25) is 0 Å². The second kappa shape index (κ2) is 8.90. The molecule has 1 aromatic carbocycles. The van der Waals surface area contributed by atoms with Crippen molar-refractivity contribution in [1.82, 2.24) is 4.98 Å². The maximum Gasteiger partial charge on any atom is 0.193 e. The van der Waals surface area contributed by atoms with E-state index < -0.39 is 0 Å². The molecule has 8 heteroatoms. The van der Waals surface area contributed by atoms with Gasteiger partial charge < -0.3 is 20.5 Å². The van der Waals surface area contributed by atoms with Crippen molar-refractivity contribution >= 4 is 47.0 Å². The summed E-state index contributed by atoms with van der Waals surface area (Å²) in [6.07, 6.45) is 0.880. The molecule has 6 nitrogen and oxygen atoms in total. The van der Waals surface area contributed by atoms with Crippen molar-refractivity contribution in [3.63, 3.8) is 0 Å². The van der Waals surface area contributed by atoms with E-state index >= 15 is 0 Å². The Balaban J connectivity index is 0.00000243. The fraction of sp³-hybridized carbons (Fsp3) is 0.444. The fourth-order valence-corrected chi connectivity index (χ4v) is 3.22. The van der Waals surface area contributed by atoms with Gasteiger partial charge in [0.1, 0.15) is 0 Å². The van der Waals surface area contributed by atoms with Crippen LogP contribution in [0.3, 0.4) is 0 Å². The van der Waals surface area contributed by atoms with Crippen LogP contribution in [0.4, 0.5) is 5.69 Å². The van der Waals surface area contributed by atoms with Crippen molar-refractivity contribution in [2.24, 2.45) is 10.7 Å². The predicted octanol–water partition coefficient (Wildman–Crippen LogP) is 4.15. The Morgan fingerprint density at radius 1 is 1.27 bits per heavy atom. The number of hydrogen-bond acceptors (Lipinski definition) is 5. The molecule has 0 bridgehead atoms. The summed E-state index contributed by atoms with van der Waals surface area (Å²) in [5, 5.41) is 6.22. The molecule has 0 atom stereocenters. The molecule has 26 heavy (non-hydrogen) atoms. The van der Waals surface area contributed by atoms with Crippen LogP contribution in [-0.2, 0) is 12.0 Å². The molecule has 0 saturated heterocycles. The van der Waals surface area contributed by atoms with Crippen LogP contribution in [0.5, 0.6) is 11.5 Å². The molecule has 2 aromatic rings. The molecular weight excluding hydrogens is 463 g/mol. The van der Waals surface area contributed by atoms with Gasteiger partial charge in [0, 0.05) is 29.0 Å². The third-order valence-electron chi connectivity index (χ3n) is 3.62. The molecule has 3 N–H and O–H groups in total. The van der Waals surface area contributed by atoms with Gasteiger partial charge in [-0.3, -0.25) is 0 Å². The van der Waals surface area contributed by atoms with Crippen molar-refractivity contribution in [3.05, 3.63) is 34.3 Å². The number of rotatable bonds is 3. The number of nitrogens with two attached hydrogens (primary N) is 1. The molecule has 0 fully saturated rings. The summed E-state index contributed by atoms with van der Waals surface area (Å²) in [4.78, 5) is 8.99. The Labute approximate surface area is 175 Å². The van der Waals surface area contributed by atoms with Crippen LogP contribution < -0.4 is 20.5 Å². The van der Waals surface area contributed by atoms with Gasteiger partial charge in [0.15, 0.2) is 17.5 Å². The zero-order valence-corrected chi connectivity index (χ0v) is 18.4. The minimum atomic E-state index is 0. The van der Waals surface area contributed by atoms with Crippen LogP contribution in [0.15, 0.2) is 28.6 Å². The van der Waals surface area contributed by atoms with Gasteiger partial charge in [0.05, 0.1) is 30.5 Å². The number of fused-ring (bicyclic) bond motifs is 1. The highest BCUT2D eigenvalue weighted by Gasteiger charge is 2.17. The molecular formula is C18H25IN4O2S. The van der Waals surface area contributed by atoms with Crippen LogP contribution >= 0.6 is 35.3 Å². The van der Waals surface area contributed by atoms with Crippen LogP contribution in [0.25, 0.3) is 0 Å². The lowest BCUT2D eigenvalue weighted by Crippen LogP contribution is -2.22. The van der Waals surface area contributed by atoms with Crippen LogP contribution in [0, 0.1) is 0 Å². The summed E-state index contributed by atoms with van der Waals surface area (Å²) >= 11 is 1.66. The molecule has 142 valence electrons. The number of halogens is 1. The number of thiazole rings is 1. The minimum Gasteiger partial charge on any atom is -0.490 e. The van der Waals surface area contributed by atoms with Gasteiger partial charge in [0.25, 0.3) is 0 Å². The number of nitrogens with zero attached hydrogens (tertiary/aromatic N) is 2. The second-order valence-corrected chi connectivity index (χ2v) is 7.79. The number of nitrogens with one attached hydrogen (secondary N) is 1. The normalized spacial score (nSPS) is 14.3. The summed E-state index contributed by atoms with van der Waals surface area (Å²) in [6.45, 7) is 8.24. The molecule has 0 spiro atoms. The van der Waals surface area contributed by atoms with Crippen molar-refractivity contribution < 1.29 is 9.47 Å². The number of anilines is 1. The Morgan fingerprint density at radius 2 is 2.00 bits per heavy atom. The molecule has 1 aliphatic rings. The molecule has 3 rings (SSSR count). The van der Waals surface area contributed by atoms with E-state index in [0.717, 1.165) is 34.3 Å². The van der Waals surface area contributed by atoms with E-state index in [-0.39, 0.29) is 29.4 Å². The van der Waals surface area contributed by atoms with Crippen molar-refractivity contribution in [1.29, 1.82) is 0 Å². The topological polar surface area (TPSA) is 81.8 Å². The van der Waals surface area contributed by atoms with E-state index in [2.05, 4.69) is 36.1 Å². The SMILES string of the molecule is CC(C)(C)c1nc(CN=C(N)Nc2ccc3c(c2)OCCCO3)cs1.I. The van der Waals surface area contributed by atoms with Gasteiger partial charge in [-0.1, -0.05) is 20.8 Å². The lowest BCUT2D eigenvalue weighted by Gasteiger charge is -2.13. The standard InChI is InChI=1S/C18H24N4O2S.HI/c1-18(2,3)16-21-13(11-25-16)10-20-17(19)22-12-5-6-14-15(9-12)24-8-4-7-23-14;/h5-6,9,11H,4,7-8,10H2,1-3H3,(H3,19,20,22);1H. The highest BCUT2D eigenvalue weighted by Crippen LogP contribution is 2.32. The molecule has 0 radical (unpaired) electrons. The Bertz CT molecular complexity index is 771. The monoisotopic (exact) mass is 488 g/mol. The first kappa shape index (κ1) is 20.8. The number of aromatic nitrogens is 1. The van der Waals surface area contributed by atoms with E-state index in [1.807, 2.05) is 23.6 Å². The van der Waals surface area contributed by atoms with E-state index in [4.69, 9.17) is 15.2 Å². The zero-order valence-electron chi connectivity index (χ0n) is 15.2. The molecule has 0 amide bonds. The van der Waals surface area contributed by atoms with Crippen molar-refractivity contribution in [2.75, 3.05) is 18.5 Å². The third kappa shape index (κ3) is 5.47. The second-order valence-electron chi connectivity index (χ2n) is 6.93. The van der Waals surface area contributed by atoms with Gasteiger partial charge in [-0.2, -0.15) is 0 Å². The molecule has 0 unspecified atom stereocenters. The number of benzene rings is 1. The van der Waals surface area contributed by atoms with E-state index in [9.17, 15) is 0 Å². The van der Waals surface area contributed by atoms with E-state index in [0.29, 0.717) is 25.7 Å². The maximum atomic E-state index is 6.00. The van der Waals surface area contributed by atoms with Gasteiger partial charge in [-0.25, -0.2) is 9.98 Å². The lowest BCUT2D eigenvalue weighted by atomic mass is 9.98. The Morgan fingerprint density at radius 3 is 2.69 bits per heavy atom. The number of aliphatic imine (C=N–C) groups is 1. The fourth-order valence-electron chi connectivity index (χ4n) is 2.32. The predicted molar refractivity (Wildman–Crippen MR) is 117 cm³/mol. The first-order chi connectivity index (χ1) is 11.9. The van der Waals surface area contributed by atoms with Gasteiger partial charge >= 0.3 is 0 Å². The first-order valence-electron chi connectivity index (χ1n) is 8.33. The third-order valence-corrected chi connectivity index (χ3v) is 4.94. The molecule has 0 aliphatic carbocycles. The largest absolute Gasteiger partial charge is 0.490 e. The summed E-state index contributed by atoms with van der Waals surface area (Å²) in [5.74, 6) is 1.83. The zero-order chi connectivity index (χ0) is 17.9. The quantitative estimate of drug-likeness (QED) is 0.386. The van der Waals surface area contributed by atoms with Crippen LogP contribution in [-0.4, -0.2) is 24.2 Å². The summed E-state index contributed by atoms with van der Waals surface area (Å²) in [5.41, 5.74) is 7.80. The number of ether oxygens (including phenoxy) is 2. The molecule has 2 heterocycles. The van der Waals surface area contributed by atoms with E-state index in [1.165, 1.54) is 0 Å². The Kier molecular flexibility index (Phi) is 7.10. The number of guanidine groups is 1. The van der Waals surface area contributed by atoms with Gasteiger partial charge in [-0.05, 0) is 12.1 Å². The number of hydrogen-bond donors (Lipinski definition) is 2. The molecule has 0 saturated carbocycles. The van der Waals surface area contributed by atoms with Gasteiger partial charge in [0.2, 0.25) is 0 Å². The van der Waals surface area contributed by atoms with E-state index in [1.54, 1.807) is 11.3 Å². The first-order valence-corrected chi connectivity index (χ1v) is 9.21. The highest BCUT2D eigenvalue weighted by molar-refractivity contribution is 14.0. The van der Waals surface area contributed by atoms with Crippen LogP contribution in [0.1, 0.15) is 37.9 Å². The highest BCUT2D eigenvalue weighted by atomic mass is 127. The lowest BCUT2D eigenvalue weighted by molar-refractivity contribution is 0.297. The van der Waals surface area contributed by atoms with Crippen molar-refractivity contribution in [3.8, 4) is 11.5 Å². The van der Waals surface area contributed by atoms with Crippen molar-refractivity contribution in [2.45, 2.75) is 39.2 Å². The average Bonchev–Trinajstić information content (AvgIpc) is 2.92. The summed E-state index contributed by atoms with van der Waals surface area (Å²) in [6, 6.07) is 5.66.